The molecule has 0 fully saturated rings. The number of aromatic nitrogens is 1. The Bertz CT molecular complexity index is 647. The fraction of sp³-hybridized carbons (Fsp3) is 0. The molecule has 0 atom stereocenters. The molecule has 2 aromatic rings. The highest BCUT2D eigenvalue weighted by molar-refractivity contribution is 5.77. The first-order valence-electron chi connectivity index (χ1n) is 4.68. The van der Waals surface area contributed by atoms with Gasteiger partial charge in [-0.25, -0.2) is 0 Å². The lowest BCUT2D eigenvalue weighted by molar-refractivity contribution is 0.408. The van der Waals surface area contributed by atoms with Gasteiger partial charge in [-0.15, -0.1) is 0 Å². The van der Waals surface area contributed by atoms with Crippen LogP contribution in [0.5, 0.6) is 11.8 Å². The highest BCUT2D eigenvalue weighted by Crippen LogP contribution is 2.26. The maximum atomic E-state index is 9.66. The first kappa shape index (κ1) is 8.17. The second-order valence-corrected chi connectivity index (χ2v) is 3.51. The van der Waals surface area contributed by atoms with E-state index in [1.54, 1.807) is 12.1 Å². The van der Waals surface area contributed by atoms with Crippen LogP contribution in [0, 0.1) is 0 Å². The van der Waals surface area contributed by atoms with Gasteiger partial charge in [0.05, 0.1) is 5.52 Å². The third-order valence-electron chi connectivity index (χ3n) is 2.57. The third kappa shape index (κ3) is 1.00. The molecule has 0 aliphatic heterocycles. The second-order valence-electron chi connectivity index (χ2n) is 3.51. The minimum Gasteiger partial charge on any atom is -0.494 e. The van der Waals surface area contributed by atoms with Crippen LogP contribution in [0.2, 0.25) is 0 Å². The molecule has 1 aliphatic rings. The zero-order valence-electron chi connectivity index (χ0n) is 7.88. The molecular formula is C12H9NO2. The smallest absolute Gasteiger partial charge is 0.199 e. The van der Waals surface area contributed by atoms with Gasteiger partial charge in [-0.1, -0.05) is 30.4 Å². The number of aromatic hydroxyl groups is 2. The summed E-state index contributed by atoms with van der Waals surface area (Å²) in [6, 6.07) is 3.28. The van der Waals surface area contributed by atoms with E-state index in [-0.39, 0.29) is 11.8 Å². The molecule has 0 saturated carbocycles. The summed E-state index contributed by atoms with van der Waals surface area (Å²) in [5, 5.41) is 20.2. The van der Waals surface area contributed by atoms with Crippen LogP contribution in [0.4, 0.5) is 0 Å². The Morgan fingerprint density at radius 1 is 0.933 bits per heavy atom. The highest BCUT2D eigenvalue weighted by Gasteiger charge is 2.12. The predicted octanol–water partition coefficient (Wildman–Crippen LogP) is 1.43. The summed E-state index contributed by atoms with van der Waals surface area (Å²) in [5.74, 6) is 0.118. The molecule has 3 nitrogen and oxygen atoms in total. The summed E-state index contributed by atoms with van der Waals surface area (Å²) in [5.41, 5.74) is 1.74. The van der Waals surface area contributed by atoms with Crippen LogP contribution >= 0.6 is 0 Å². The van der Waals surface area contributed by atoms with E-state index in [0.29, 0.717) is 0 Å². The maximum absolute atomic E-state index is 9.66. The van der Waals surface area contributed by atoms with Crippen LogP contribution in [0.3, 0.4) is 0 Å². The molecule has 2 N–H and O–H groups in total. The molecule has 0 bridgehead atoms. The lowest BCUT2D eigenvalue weighted by Gasteiger charge is -1.91. The van der Waals surface area contributed by atoms with Crippen molar-refractivity contribution in [2.75, 3.05) is 0 Å². The molecule has 3 rings (SSSR count). The predicted molar refractivity (Wildman–Crippen MR) is 58.6 cm³/mol. The Labute approximate surface area is 85.9 Å². The van der Waals surface area contributed by atoms with E-state index in [4.69, 9.17) is 0 Å². The largest absolute Gasteiger partial charge is 0.494 e. The zero-order valence-corrected chi connectivity index (χ0v) is 7.88. The van der Waals surface area contributed by atoms with E-state index in [9.17, 15) is 10.2 Å². The summed E-state index contributed by atoms with van der Waals surface area (Å²) in [6.45, 7) is 0. The third-order valence-corrected chi connectivity index (χ3v) is 2.57. The molecule has 0 amide bonds. The molecule has 2 heterocycles. The number of nitrogens with zero attached hydrogens (tertiary/aromatic N) is 1. The van der Waals surface area contributed by atoms with Gasteiger partial charge in [-0.05, 0) is 0 Å². The molecular weight excluding hydrogens is 190 g/mol. The lowest BCUT2D eigenvalue weighted by atomic mass is 10.2. The molecule has 2 aromatic heterocycles. The zero-order chi connectivity index (χ0) is 10.4. The molecule has 0 saturated heterocycles. The summed E-state index contributed by atoms with van der Waals surface area (Å²) < 4.78 is 1.44. The fourth-order valence-electron chi connectivity index (χ4n) is 1.95. The van der Waals surface area contributed by atoms with Gasteiger partial charge >= 0.3 is 0 Å². The molecule has 0 aromatic carbocycles. The SMILES string of the molecule is Oc1cc2c3c(cc(O)n13)=CC=CC=C2. The average Bonchev–Trinajstić information content (AvgIpc) is 2.64. The van der Waals surface area contributed by atoms with Gasteiger partial charge in [0.15, 0.2) is 11.8 Å². The van der Waals surface area contributed by atoms with E-state index >= 15 is 0 Å². The fourth-order valence-corrected chi connectivity index (χ4v) is 1.95. The number of hydrogen-bond acceptors (Lipinski definition) is 2. The number of hydrogen-bond donors (Lipinski definition) is 2. The Kier molecular flexibility index (Phi) is 1.45. The molecule has 0 unspecified atom stereocenters. The van der Waals surface area contributed by atoms with Crippen LogP contribution in [0.25, 0.3) is 17.7 Å². The minimum atomic E-state index is 0.0590. The van der Waals surface area contributed by atoms with Gasteiger partial charge in [0.25, 0.3) is 0 Å². The van der Waals surface area contributed by atoms with Crippen molar-refractivity contribution >= 4 is 17.7 Å². The van der Waals surface area contributed by atoms with Crippen molar-refractivity contribution in [3.05, 3.63) is 41.1 Å². The van der Waals surface area contributed by atoms with Gasteiger partial charge in [-0.2, -0.15) is 0 Å². The van der Waals surface area contributed by atoms with E-state index < -0.39 is 0 Å². The van der Waals surface area contributed by atoms with Crippen molar-refractivity contribution in [2.45, 2.75) is 0 Å². The molecule has 0 spiro atoms. The standard InChI is InChI=1S/C12H9NO2/c14-10-6-8-4-2-1-3-5-9-7-11(15)13(10)12(8)9/h1-7,14-15H. The molecule has 15 heavy (non-hydrogen) atoms. The summed E-state index contributed by atoms with van der Waals surface area (Å²) in [7, 11) is 0. The summed E-state index contributed by atoms with van der Waals surface area (Å²) >= 11 is 0. The topological polar surface area (TPSA) is 44.9 Å². The monoisotopic (exact) mass is 199 g/mol. The second kappa shape index (κ2) is 2.67. The van der Waals surface area contributed by atoms with Crippen LogP contribution in [0.1, 0.15) is 5.56 Å². The van der Waals surface area contributed by atoms with Crippen molar-refractivity contribution in [1.29, 1.82) is 0 Å². The molecule has 1 aliphatic carbocycles. The van der Waals surface area contributed by atoms with Gasteiger partial charge in [0, 0.05) is 22.9 Å². The minimum absolute atomic E-state index is 0.0590. The number of rotatable bonds is 0. The highest BCUT2D eigenvalue weighted by atomic mass is 16.3. The van der Waals surface area contributed by atoms with E-state index in [2.05, 4.69) is 0 Å². The Morgan fingerprint density at radius 2 is 1.73 bits per heavy atom. The van der Waals surface area contributed by atoms with Crippen molar-refractivity contribution < 1.29 is 10.2 Å². The average molecular weight is 199 g/mol. The van der Waals surface area contributed by atoms with E-state index in [0.717, 1.165) is 16.3 Å². The van der Waals surface area contributed by atoms with Crippen molar-refractivity contribution in [3.63, 3.8) is 0 Å². The van der Waals surface area contributed by atoms with Crippen LogP contribution in [-0.4, -0.2) is 14.6 Å². The Balaban J connectivity index is 2.60. The van der Waals surface area contributed by atoms with Crippen molar-refractivity contribution in [1.82, 2.24) is 4.40 Å². The van der Waals surface area contributed by atoms with Crippen molar-refractivity contribution in [2.24, 2.45) is 0 Å². The Morgan fingerprint density at radius 3 is 2.60 bits per heavy atom. The van der Waals surface area contributed by atoms with Crippen molar-refractivity contribution in [3.8, 4) is 11.8 Å². The lowest BCUT2D eigenvalue weighted by Crippen LogP contribution is -1.96. The summed E-state index contributed by atoms with van der Waals surface area (Å²) in [4.78, 5) is 0. The van der Waals surface area contributed by atoms with Gasteiger partial charge in [0.1, 0.15) is 0 Å². The molecule has 3 heteroatoms. The van der Waals surface area contributed by atoms with Crippen LogP contribution in [-0.2, 0) is 0 Å². The maximum Gasteiger partial charge on any atom is 0.199 e. The first-order valence-corrected chi connectivity index (χ1v) is 4.68. The van der Waals surface area contributed by atoms with Crippen LogP contribution in [0.15, 0.2) is 30.4 Å². The summed E-state index contributed by atoms with van der Waals surface area (Å²) in [6.07, 6.45) is 9.52. The molecule has 74 valence electrons. The van der Waals surface area contributed by atoms with Crippen LogP contribution < -0.4 is 5.22 Å². The van der Waals surface area contributed by atoms with E-state index in [1.807, 2.05) is 30.4 Å². The number of allylic oxidation sites excluding steroid dienone is 3. The van der Waals surface area contributed by atoms with Gasteiger partial charge in [0.2, 0.25) is 0 Å². The Hall–Kier alpha value is -2.16. The van der Waals surface area contributed by atoms with E-state index in [1.165, 1.54) is 4.40 Å². The normalized spacial score (nSPS) is 13.9. The van der Waals surface area contributed by atoms with Gasteiger partial charge < -0.3 is 10.2 Å². The molecule has 0 radical (unpaired) electrons. The first-order chi connectivity index (χ1) is 7.27. The van der Waals surface area contributed by atoms with Gasteiger partial charge in [-0.3, -0.25) is 4.40 Å². The quantitative estimate of drug-likeness (QED) is 0.674.